The molecule has 1 aromatic carbocycles. The van der Waals surface area contributed by atoms with Crippen LogP contribution in [0.3, 0.4) is 0 Å². The van der Waals surface area contributed by atoms with Crippen LogP contribution in [0.25, 0.3) is 0 Å². The second-order valence-corrected chi connectivity index (χ2v) is 6.84. The summed E-state index contributed by atoms with van der Waals surface area (Å²) < 4.78 is 7.24. The minimum absolute atomic E-state index is 0.212. The van der Waals surface area contributed by atoms with E-state index in [2.05, 4.69) is 0 Å². The van der Waals surface area contributed by atoms with E-state index in [4.69, 9.17) is 1.37 Å². The largest absolute Gasteiger partial charge is 0.507 e. The first-order valence-electron chi connectivity index (χ1n) is 6.89. The van der Waals surface area contributed by atoms with Gasteiger partial charge in [-0.25, -0.2) is 0 Å². The molecule has 100 valence electrons. The van der Waals surface area contributed by atoms with E-state index >= 15 is 0 Å². The molecule has 0 bridgehead atoms. The van der Waals surface area contributed by atoms with Crippen molar-refractivity contribution in [2.75, 3.05) is 0 Å². The van der Waals surface area contributed by atoms with Crippen LogP contribution >= 0.6 is 0 Å². The summed E-state index contributed by atoms with van der Waals surface area (Å²) in [6.45, 7) is 11.8. The zero-order valence-electron chi connectivity index (χ0n) is 13.2. The van der Waals surface area contributed by atoms with Crippen molar-refractivity contribution in [3.8, 4) is 5.75 Å². The smallest absolute Gasteiger partial charge is 0.159 e. The highest BCUT2D eigenvalue weighted by molar-refractivity contribution is 5.95. The van der Waals surface area contributed by atoms with Crippen LogP contribution < -0.4 is 0 Å². The van der Waals surface area contributed by atoms with Crippen molar-refractivity contribution in [3.05, 3.63) is 28.8 Å². The van der Waals surface area contributed by atoms with Gasteiger partial charge in [0.2, 0.25) is 0 Å². The Morgan fingerprint density at radius 1 is 1.06 bits per heavy atom. The molecule has 0 radical (unpaired) electrons. The van der Waals surface area contributed by atoms with E-state index in [9.17, 15) is 9.90 Å². The van der Waals surface area contributed by atoms with Gasteiger partial charge < -0.3 is 5.11 Å². The number of aromatic hydroxyl groups is 1. The van der Waals surface area contributed by atoms with Gasteiger partial charge in [0.15, 0.2) is 5.78 Å². The lowest BCUT2D eigenvalue weighted by Crippen LogP contribution is -2.18. The van der Waals surface area contributed by atoms with Gasteiger partial charge in [0, 0.05) is 18.1 Å². The van der Waals surface area contributed by atoms with E-state index in [1.807, 2.05) is 41.5 Å². The second kappa shape index (κ2) is 4.42. The number of carbonyl (C=O) groups excluding carboxylic acids is 1. The van der Waals surface area contributed by atoms with Gasteiger partial charge in [0.1, 0.15) is 5.75 Å². The van der Waals surface area contributed by atoms with Crippen LogP contribution in [-0.4, -0.2) is 10.9 Å². The first-order valence-corrected chi connectivity index (χ1v) is 6.19. The molecule has 0 amide bonds. The Morgan fingerprint density at radius 2 is 1.44 bits per heavy atom. The normalized spacial score (nSPS) is 13.3. The van der Waals surface area contributed by atoms with Gasteiger partial charge in [-0.2, -0.15) is 0 Å². The molecule has 1 N–H and O–H groups in total. The molecule has 0 aromatic heterocycles. The Balaban J connectivity index is 3.62. The summed E-state index contributed by atoms with van der Waals surface area (Å²) >= 11 is 0. The van der Waals surface area contributed by atoms with E-state index in [1.54, 1.807) is 12.1 Å². The number of Topliss-reactive ketones (excluding diaryl/α,β-unsaturated/α-hetero) is 1. The van der Waals surface area contributed by atoms with E-state index in [-0.39, 0.29) is 29.3 Å². The molecule has 1 rings (SSSR count). The summed E-state index contributed by atoms with van der Waals surface area (Å²) in [5.41, 5.74) is 1.54. The maximum atomic E-state index is 11.8. The molecule has 0 saturated heterocycles. The topological polar surface area (TPSA) is 37.3 Å². The second-order valence-electron chi connectivity index (χ2n) is 6.84. The molecule has 2 heteroatoms. The van der Waals surface area contributed by atoms with E-state index in [1.165, 1.54) is 0 Å². The number of hydrogen-bond acceptors (Lipinski definition) is 2. The monoisotopic (exact) mass is 250 g/mol. The Kier molecular flexibility index (Phi) is 3.22. The third-order valence-corrected chi connectivity index (χ3v) is 3.05. The highest BCUT2D eigenvalue weighted by Crippen LogP contribution is 2.39. The fraction of sp³-hybridized carbons (Fsp3) is 0.562. The molecular formula is C16H24O2. The summed E-state index contributed by atoms with van der Waals surface area (Å²) in [6.07, 6.45) is 0. The lowest BCUT2D eigenvalue weighted by atomic mass is 9.78. The van der Waals surface area contributed by atoms with Crippen molar-refractivity contribution in [1.82, 2.24) is 0 Å². The van der Waals surface area contributed by atoms with Crippen molar-refractivity contribution < 1.29 is 11.3 Å². The molecular weight excluding hydrogens is 224 g/mol. The SMILES string of the molecule is [3H]CC(=O)c1cc(C(C)(C)C)c(O)c(C(C)(C)C)c1. The average molecular weight is 250 g/mol. The van der Waals surface area contributed by atoms with Gasteiger partial charge in [-0.3, -0.25) is 4.79 Å². The summed E-state index contributed by atoms with van der Waals surface area (Å²) in [6, 6.07) is 3.45. The Labute approximate surface area is 111 Å². The van der Waals surface area contributed by atoms with Gasteiger partial charge in [-0.05, 0) is 29.9 Å². The summed E-state index contributed by atoms with van der Waals surface area (Å²) in [5.74, 6) is 0.0533. The fourth-order valence-corrected chi connectivity index (χ4v) is 1.94. The Bertz CT molecular complexity index is 455. The molecule has 0 aliphatic rings. The predicted molar refractivity (Wildman–Crippen MR) is 75.5 cm³/mol. The van der Waals surface area contributed by atoms with Crippen LogP contribution in [0.1, 0.15) is 71.3 Å². The van der Waals surface area contributed by atoms with Crippen LogP contribution in [-0.2, 0) is 10.8 Å². The molecule has 2 nitrogen and oxygen atoms in total. The molecule has 0 aliphatic heterocycles. The third kappa shape index (κ3) is 2.92. The van der Waals surface area contributed by atoms with Crippen LogP contribution in [0.15, 0.2) is 12.1 Å². The van der Waals surface area contributed by atoms with Crippen molar-refractivity contribution in [3.63, 3.8) is 0 Å². The number of phenols is 1. The van der Waals surface area contributed by atoms with Crippen LogP contribution in [0.2, 0.25) is 0 Å². The summed E-state index contributed by atoms with van der Waals surface area (Å²) in [5, 5.41) is 10.5. The zero-order valence-corrected chi connectivity index (χ0v) is 12.2. The lowest BCUT2D eigenvalue weighted by molar-refractivity contribution is 0.101. The highest BCUT2D eigenvalue weighted by atomic mass is 16.3. The number of benzene rings is 1. The third-order valence-electron chi connectivity index (χ3n) is 3.05. The van der Waals surface area contributed by atoms with E-state index < -0.39 is 0 Å². The number of phenolic OH excluding ortho intramolecular Hbond substituents is 1. The van der Waals surface area contributed by atoms with Crippen molar-refractivity contribution in [2.24, 2.45) is 0 Å². The molecule has 1 aromatic rings. The minimum atomic E-state index is -0.266. The zero-order chi connectivity index (χ0) is 15.0. The van der Waals surface area contributed by atoms with Gasteiger partial charge in [0.05, 0.1) is 0 Å². The summed E-state index contributed by atoms with van der Waals surface area (Å²) in [4.78, 5) is 11.8. The lowest BCUT2D eigenvalue weighted by Gasteiger charge is -2.27. The van der Waals surface area contributed by atoms with Gasteiger partial charge >= 0.3 is 0 Å². The number of hydrogen-bond donors (Lipinski definition) is 1. The Hall–Kier alpha value is -1.31. The molecule has 0 atom stereocenters. The quantitative estimate of drug-likeness (QED) is 0.759. The molecule has 0 fully saturated rings. The average Bonchev–Trinajstić information content (AvgIpc) is 2.25. The van der Waals surface area contributed by atoms with Crippen LogP contribution in [0, 0.1) is 0 Å². The van der Waals surface area contributed by atoms with Crippen molar-refractivity contribution in [2.45, 2.75) is 59.3 Å². The molecule has 0 aliphatic carbocycles. The number of rotatable bonds is 1. The molecule has 0 saturated carbocycles. The molecule has 18 heavy (non-hydrogen) atoms. The summed E-state index contributed by atoms with van der Waals surface area (Å²) in [7, 11) is 0. The van der Waals surface area contributed by atoms with Crippen molar-refractivity contribution in [1.29, 1.82) is 0 Å². The molecule has 0 heterocycles. The standard InChI is InChI=1S/C16H24O2/c1-10(17)11-8-12(15(2,3)4)14(18)13(9-11)16(5,6)7/h8-9,18H,1-7H3/i1T. The van der Waals surface area contributed by atoms with Gasteiger partial charge in [0.25, 0.3) is 0 Å². The first kappa shape index (κ1) is 13.1. The Morgan fingerprint density at radius 3 is 1.72 bits per heavy atom. The maximum Gasteiger partial charge on any atom is 0.159 e. The molecule has 0 spiro atoms. The highest BCUT2D eigenvalue weighted by Gasteiger charge is 2.27. The fourth-order valence-electron chi connectivity index (χ4n) is 1.94. The predicted octanol–water partition coefficient (Wildman–Crippen LogP) is 4.19. The van der Waals surface area contributed by atoms with Gasteiger partial charge in [-0.1, -0.05) is 41.5 Å². The van der Waals surface area contributed by atoms with Crippen molar-refractivity contribution >= 4 is 5.78 Å². The minimum Gasteiger partial charge on any atom is -0.507 e. The molecule has 0 unspecified atom stereocenters. The van der Waals surface area contributed by atoms with E-state index in [0.29, 0.717) is 5.56 Å². The maximum absolute atomic E-state index is 11.8. The number of ketones is 1. The van der Waals surface area contributed by atoms with Crippen LogP contribution in [0.5, 0.6) is 5.75 Å². The number of carbonyl (C=O) groups is 1. The van der Waals surface area contributed by atoms with Gasteiger partial charge in [-0.15, -0.1) is 0 Å². The van der Waals surface area contributed by atoms with Crippen LogP contribution in [0.4, 0.5) is 0 Å². The first-order chi connectivity index (χ1) is 8.48. The van der Waals surface area contributed by atoms with E-state index in [0.717, 1.165) is 11.1 Å².